The van der Waals surface area contributed by atoms with Gasteiger partial charge in [-0.3, -0.25) is 4.55 Å². The third-order valence-corrected chi connectivity index (χ3v) is 1.71. The van der Waals surface area contributed by atoms with Crippen molar-refractivity contribution in [1.29, 1.82) is 0 Å². The second-order valence-corrected chi connectivity index (χ2v) is 3.53. The molecule has 0 fully saturated rings. The molecule has 1 N–H and O–H groups in total. The Hall–Kier alpha value is 8.87. The van der Waals surface area contributed by atoms with Gasteiger partial charge in [-0.1, -0.05) is 30.3 Å². The minimum Gasteiger partial charge on any atom is -1.00 e. The van der Waals surface area contributed by atoms with E-state index < -0.39 is 10.1 Å². The summed E-state index contributed by atoms with van der Waals surface area (Å²) in [5, 5.41) is 0.752. The van der Waals surface area contributed by atoms with E-state index >= 15 is 0 Å². The van der Waals surface area contributed by atoms with Crippen LogP contribution in [0.25, 0.3) is 6.08 Å². The van der Waals surface area contributed by atoms with Crippen LogP contribution in [0, 0.1) is 0 Å². The summed E-state index contributed by atoms with van der Waals surface area (Å²) < 4.78 is 28.9. The molecule has 3 nitrogen and oxygen atoms in total. The molecule has 0 aliphatic heterocycles. The van der Waals surface area contributed by atoms with Gasteiger partial charge in [0.15, 0.2) is 0 Å². The summed E-state index contributed by atoms with van der Waals surface area (Å²) in [6, 6.07) is 8.86. The normalized spacial score (nSPS) is 6.59. The largest absolute Gasteiger partial charge is 1.00 e. The molecule has 0 aliphatic rings. The Labute approximate surface area is 370 Å². The molecule has 22 heavy (non-hydrogen) atoms. The summed E-state index contributed by atoms with van der Waals surface area (Å²) in [4.78, 5) is 0. The molecule has 0 aliphatic carbocycles. The molecule has 0 saturated heterocycles. The predicted molar refractivity (Wildman–Crippen MR) is 58.1 cm³/mol. The van der Waals surface area contributed by atoms with E-state index in [1.54, 1.807) is 24.3 Å². The minimum absolute atomic E-state index is 0. The van der Waals surface area contributed by atoms with Gasteiger partial charge in [-0.05, 0) is 11.6 Å². The number of hydrogen-bond acceptors (Lipinski definition) is 2. The maximum absolute atomic E-state index is 10.3. The number of rotatable bonds is 2. The van der Waals surface area contributed by atoms with Crippen molar-refractivity contribution >= 4 is 16.2 Å². The van der Waals surface area contributed by atoms with Crippen LogP contribution in [0.2, 0.25) is 0 Å². The molecule has 0 saturated carbocycles. The van der Waals surface area contributed by atoms with Crippen LogP contribution >= 0.6 is 0 Å². The minimum atomic E-state index is -4.00. The average Bonchev–Trinajstić information content (AvgIpc) is 2.02. The van der Waals surface area contributed by atoms with Gasteiger partial charge in [0.1, 0.15) is 0 Å². The van der Waals surface area contributed by atoms with Gasteiger partial charge in [-0.15, -0.1) is 0 Å². The fraction of sp³-hybridized carbons (Fsp3) is 0. The molecule has 0 atom stereocenters. The Balaban J connectivity index is -0.00000000400. The van der Waals surface area contributed by atoms with E-state index in [0.29, 0.717) is 0 Å². The third kappa shape index (κ3) is 42.9. The molecule has 14 heteroatoms. The molecule has 0 bridgehead atoms. The van der Waals surface area contributed by atoms with E-state index in [4.69, 9.17) is 4.55 Å². The smallest absolute Gasteiger partial charge is 1.00 e. The Morgan fingerprint density at radius 3 is 1.32 bits per heavy atom. The standard InChI is InChI=1S/C8H8O3S.10Na.10H/c9-12(10,11)7-6-8-4-2-1-3-5-8;;;;;;;;;;;;;;;;;;;;/h1-7H,(H,9,10,11);;;;;;;;;;;;;;;;;;;;/q;10*+1;10*-1. The van der Waals surface area contributed by atoms with Crippen LogP contribution in [0.5, 0.6) is 0 Å². The van der Waals surface area contributed by atoms with E-state index in [9.17, 15) is 8.42 Å². The van der Waals surface area contributed by atoms with E-state index in [2.05, 4.69) is 0 Å². The molecule has 0 heterocycles. The molecule has 1 rings (SSSR count). The van der Waals surface area contributed by atoms with E-state index in [1.807, 2.05) is 6.07 Å². The van der Waals surface area contributed by atoms with Gasteiger partial charge in [0.25, 0.3) is 10.1 Å². The zero-order chi connectivity index (χ0) is 9.03. The molecule has 0 amide bonds. The van der Waals surface area contributed by atoms with Crippen molar-refractivity contribution in [3.63, 3.8) is 0 Å². The SMILES string of the molecule is O=S(=O)(O)C=Cc1ccccc1.[H-].[H-].[H-].[H-].[H-].[H-].[H-].[H-].[H-].[H-].[Na+].[Na+].[Na+].[Na+].[Na+].[Na+].[Na+].[Na+].[Na+].[Na+]. The van der Waals surface area contributed by atoms with E-state index in [-0.39, 0.29) is 310 Å². The van der Waals surface area contributed by atoms with Crippen LogP contribution in [0.1, 0.15) is 19.8 Å². The van der Waals surface area contributed by atoms with Gasteiger partial charge in [-0.2, -0.15) is 8.42 Å². The summed E-state index contributed by atoms with van der Waals surface area (Å²) >= 11 is 0. The first-order valence-corrected chi connectivity index (χ1v) is 4.79. The first kappa shape index (κ1) is 63.2. The van der Waals surface area contributed by atoms with Crippen molar-refractivity contribution in [2.75, 3.05) is 0 Å². The molecule has 0 radical (unpaired) electrons. The Morgan fingerprint density at radius 2 is 1.05 bits per heavy atom. The van der Waals surface area contributed by atoms with Crippen molar-refractivity contribution in [3.8, 4) is 0 Å². The summed E-state index contributed by atoms with van der Waals surface area (Å²) in [7, 11) is -4.00. The van der Waals surface area contributed by atoms with Crippen molar-refractivity contribution < 1.29 is 323 Å². The fourth-order valence-electron chi connectivity index (χ4n) is 0.729. The molecule has 84 valence electrons. The molecule has 0 spiro atoms. The molecular formula is C8H18Na10O3S. The Morgan fingerprint density at radius 1 is 0.727 bits per heavy atom. The van der Waals surface area contributed by atoms with Gasteiger partial charge < -0.3 is 14.3 Å². The molecule has 1 aromatic rings. The molecule has 0 aromatic heterocycles. The monoisotopic (exact) mass is 424 g/mol. The van der Waals surface area contributed by atoms with Crippen LogP contribution in [-0.4, -0.2) is 13.0 Å². The van der Waals surface area contributed by atoms with Gasteiger partial charge in [-0.25, -0.2) is 0 Å². The van der Waals surface area contributed by atoms with Crippen LogP contribution in [0.4, 0.5) is 0 Å². The van der Waals surface area contributed by atoms with Crippen LogP contribution < -0.4 is 296 Å². The summed E-state index contributed by atoms with van der Waals surface area (Å²) in [6.45, 7) is 0. The van der Waals surface area contributed by atoms with Crippen molar-refractivity contribution in [2.24, 2.45) is 0 Å². The zero-order valence-corrected chi connectivity index (χ0v) is 37.0. The molecular weight excluding hydrogens is 406 g/mol. The average molecular weight is 424 g/mol. The molecule has 1 aromatic carbocycles. The second kappa shape index (κ2) is 40.3. The number of hydrogen-bond donors (Lipinski definition) is 1. The quantitative estimate of drug-likeness (QED) is 0.379. The van der Waals surface area contributed by atoms with Gasteiger partial charge in [0.2, 0.25) is 0 Å². The van der Waals surface area contributed by atoms with Crippen molar-refractivity contribution in [1.82, 2.24) is 0 Å². The molecule has 0 unspecified atom stereocenters. The maximum Gasteiger partial charge on any atom is 1.00 e. The second-order valence-electron chi connectivity index (χ2n) is 2.23. The van der Waals surface area contributed by atoms with Crippen molar-refractivity contribution in [3.05, 3.63) is 41.3 Å². The predicted octanol–water partition coefficient (Wildman–Crippen LogP) is -27.3. The Kier molecular flexibility index (Phi) is 116. The number of benzene rings is 1. The summed E-state index contributed by atoms with van der Waals surface area (Å²) in [5.74, 6) is 0. The van der Waals surface area contributed by atoms with Gasteiger partial charge in [0, 0.05) is 0 Å². The van der Waals surface area contributed by atoms with Crippen LogP contribution in [0.3, 0.4) is 0 Å². The summed E-state index contributed by atoms with van der Waals surface area (Å²) in [5.41, 5.74) is 0.732. The van der Waals surface area contributed by atoms with E-state index in [1.165, 1.54) is 6.08 Å². The van der Waals surface area contributed by atoms with Gasteiger partial charge >= 0.3 is 296 Å². The summed E-state index contributed by atoms with van der Waals surface area (Å²) in [6.07, 6.45) is 1.33. The van der Waals surface area contributed by atoms with Crippen molar-refractivity contribution in [2.45, 2.75) is 0 Å². The van der Waals surface area contributed by atoms with E-state index in [0.717, 1.165) is 11.0 Å². The van der Waals surface area contributed by atoms with Crippen LogP contribution in [-0.2, 0) is 10.1 Å². The Bertz CT molecular complexity index is 415. The van der Waals surface area contributed by atoms with Gasteiger partial charge in [0.05, 0.1) is 5.41 Å². The zero-order valence-electron chi connectivity index (χ0n) is 26.2. The first-order chi connectivity index (χ1) is 5.58. The third-order valence-electron chi connectivity index (χ3n) is 1.23. The maximum atomic E-state index is 10.3. The fourth-order valence-corrected chi connectivity index (χ4v) is 1.06. The van der Waals surface area contributed by atoms with Crippen LogP contribution in [0.15, 0.2) is 35.7 Å². The first-order valence-electron chi connectivity index (χ1n) is 3.28. The topological polar surface area (TPSA) is 54.4 Å².